The van der Waals surface area contributed by atoms with Crippen molar-refractivity contribution in [3.8, 4) is 11.4 Å². The molecule has 1 aromatic heterocycles. The lowest BCUT2D eigenvalue weighted by Crippen LogP contribution is -2.40. The summed E-state index contributed by atoms with van der Waals surface area (Å²) in [6.45, 7) is 1.97. The normalized spacial score (nSPS) is 10.7. The standard InChI is InChI=1S/C27H26N4O5/c1-3-36-23-11-7-5-9-21(23)29-25(33)17-30-22-10-6-4-8-20(22)26(34)31(27(30)35)19-14-12-18(13-15-19)16-24(32)28-2/h4-15H,3,16-17H2,1-2H3,(H,28,32)(H,29,33). The van der Waals surface area contributed by atoms with Gasteiger partial charge < -0.3 is 15.4 Å². The Kier molecular flexibility index (Phi) is 7.29. The van der Waals surface area contributed by atoms with Gasteiger partial charge in [-0.3, -0.25) is 19.0 Å². The quantitative estimate of drug-likeness (QED) is 0.398. The average molecular weight is 487 g/mol. The molecule has 0 radical (unpaired) electrons. The van der Waals surface area contributed by atoms with E-state index in [1.165, 1.54) is 4.57 Å². The summed E-state index contributed by atoms with van der Waals surface area (Å²) >= 11 is 0. The first kappa shape index (κ1) is 24.5. The molecular weight excluding hydrogens is 460 g/mol. The van der Waals surface area contributed by atoms with E-state index in [1.54, 1.807) is 79.8 Å². The molecule has 184 valence electrons. The second-order valence-corrected chi connectivity index (χ2v) is 8.02. The van der Waals surface area contributed by atoms with Gasteiger partial charge in [0.25, 0.3) is 5.56 Å². The van der Waals surface area contributed by atoms with Gasteiger partial charge in [-0.2, -0.15) is 0 Å². The molecule has 1 heterocycles. The van der Waals surface area contributed by atoms with Crippen LogP contribution in [0.4, 0.5) is 5.69 Å². The molecule has 4 rings (SSSR count). The van der Waals surface area contributed by atoms with E-state index in [0.717, 1.165) is 10.1 Å². The fourth-order valence-corrected chi connectivity index (χ4v) is 3.92. The summed E-state index contributed by atoms with van der Waals surface area (Å²) in [5, 5.41) is 5.65. The summed E-state index contributed by atoms with van der Waals surface area (Å²) < 4.78 is 7.87. The second-order valence-electron chi connectivity index (χ2n) is 8.02. The lowest BCUT2D eigenvalue weighted by molar-refractivity contribution is -0.120. The number of nitrogens with one attached hydrogen (secondary N) is 2. The van der Waals surface area contributed by atoms with Crippen molar-refractivity contribution < 1.29 is 14.3 Å². The summed E-state index contributed by atoms with van der Waals surface area (Å²) in [4.78, 5) is 51.5. The van der Waals surface area contributed by atoms with Crippen molar-refractivity contribution in [2.75, 3.05) is 19.0 Å². The smallest absolute Gasteiger partial charge is 0.336 e. The first-order valence-corrected chi connectivity index (χ1v) is 11.5. The molecule has 0 atom stereocenters. The van der Waals surface area contributed by atoms with Crippen LogP contribution in [0.5, 0.6) is 5.75 Å². The number of nitrogens with zero attached hydrogens (tertiary/aromatic N) is 2. The molecular formula is C27H26N4O5. The van der Waals surface area contributed by atoms with E-state index in [9.17, 15) is 19.2 Å². The largest absolute Gasteiger partial charge is 0.492 e. The molecule has 0 bridgehead atoms. The molecule has 0 spiro atoms. The molecule has 2 N–H and O–H groups in total. The zero-order valence-electron chi connectivity index (χ0n) is 20.0. The number of amides is 2. The maximum atomic E-state index is 13.5. The maximum Gasteiger partial charge on any atom is 0.336 e. The summed E-state index contributed by atoms with van der Waals surface area (Å²) in [6.07, 6.45) is 0.178. The van der Waals surface area contributed by atoms with E-state index in [1.807, 2.05) is 6.92 Å². The average Bonchev–Trinajstić information content (AvgIpc) is 2.89. The van der Waals surface area contributed by atoms with Crippen LogP contribution in [0, 0.1) is 0 Å². The predicted molar refractivity (Wildman–Crippen MR) is 138 cm³/mol. The Labute approximate surface area is 207 Å². The highest BCUT2D eigenvalue weighted by Crippen LogP contribution is 2.23. The molecule has 4 aromatic rings. The van der Waals surface area contributed by atoms with Crippen LogP contribution in [-0.4, -0.2) is 34.6 Å². The summed E-state index contributed by atoms with van der Waals surface area (Å²) in [5.74, 6) is -0.0715. The summed E-state index contributed by atoms with van der Waals surface area (Å²) in [7, 11) is 1.55. The van der Waals surface area contributed by atoms with Crippen molar-refractivity contribution in [1.29, 1.82) is 0 Å². The lowest BCUT2D eigenvalue weighted by atomic mass is 10.1. The fraction of sp³-hybridized carbons (Fsp3) is 0.185. The number of anilines is 1. The molecule has 3 aromatic carbocycles. The van der Waals surface area contributed by atoms with Crippen LogP contribution in [0.25, 0.3) is 16.6 Å². The number of likely N-dealkylation sites (N-methyl/N-ethyl adjacent to an activating group) is 1. The Bertz CT molecular complexity index is 1540. The number of benzene rings is 3. The minimum absolute atomic E-state index is 0.148. The monoisotopic (exact) mass is 486 g/mol. The molecule has 0 unspecified atom stereocenters. The number of fused-ring (bicyclic) bond motifs is 1. The van der Waals surface area contributed by atoms with Gasteiger partial charge in [0.1, 0.15) is 12.3 Å². The first-order valence-electron chi connectivity index (χ1n) is 11.5. The van der Waals surface area contributed by atoms with Crippen molar-refractivity contribution in [3.05, 3.63) is 99.2 Å². The van der Waals surface area contributed by atoms with Gasteiger partial charge >= 0.3 is 5.69 Å². The molecule has 0 saturated heterocycles. The van der Waals surface area contributed by atoms with E-state index < -0.39 is 17.2 Å². The van der Waals surface area contributed by atoms with Gasteiger partial charge in [-0.25, -0.2) is 9.36 Å². The predicted octanol–water partition coefficient (Wildman–Crippen LogP) is 2.48. The summed E-state index contributed by atoms with van der Waals surface area (Å²) in [6, 6.07) is 20.3. The number of hydrogen-bond donors (Lipinski definition) is 2. The van der Waals surface area contributed by atoms with Gasteiger partial charge in [0.05, 0.1) is 35.3 Å². The third-order valence-corrected chi connectivity index (χ3v) is 5.65. The second kappa shape index (κ2) is 10.7. The van der Waals surface area contributed by atoms with Crippen LogP contribution in [0.3, 0.4) is 0 Å². The van der Waals surface area contributed by atoms with Gasteiger partial charge in [0.15, 0.2) is 0 Å². The van der Waals surface area contributed by atoms with Crippen molar-refractivity contribution in [2.45, 2.75) is 19.9 Å². The first-order chi connectivity index (χ1) is 17.4. The third kappa shape index (κ3) is 5.05. The van der Waals surface area contributed by atoms with Crippen LogP contribution in [0.1, 0.15) is 12.5 Å². The Morgan fingerprint density at radius 3 is 2.31 bits per heavy atom. The topological polar surface area (TPSA) is 111 Å². The highest BCUT2D eigenvalue weighted by atomic mass is 16.5. The highest BCUT2D eigenvalue weighted by Gasteiger charge is 2.17. The Morgan fingerprint density at radius 2 is 1.58 bits per heavy atom. The van der Waals surface area contributed by atoms with Crippen LogP contribution >= 0.6 is 0 Å². The lowest BCUT2D eigenvalue weighted by Gasteiger charge is -2.15. The Morgan fingerprint density at radius 1 is 0.889 bits per heavy atom. The number of carbonyl (C=O) groups excluding carboxylic acids is 2. The van der Waals surface area contributed by atoms with E-state index in [4.69, 9.17) is 4.74 Å². The number of ether oxygens (including phenoxy) is 1. The van der Waals surface area contributed by atoms with Crippen molar-refractivity contribution in [3.63, 3.8) is 0 Å². The number of aromatic nitrogens is 2. The Hall–Kier alpha value is -4.66. The highest BCUT2D eigenvalue weighted by molar-refractivity contribution is 5.93. The molecule has 0 aliphatic heterocycles. The SMILES string of the molecule is CCOc1ccccc1NC(=O)Cn1c(=O)n(-c2ccc(CC(=O)NC)cc2)c(=O)c2ccccc21. The van der Waals surface area contributed by atoms with Crippen LogP contribution in [0.15, 0.2) is 82.4 Å². The minimum Gasteiger partial charge on any atom is -0.492 e. The number of hydrogen-bond acceptors (Lipinski definition) is 5. The maximum absolute atomic E-state index is 13.5. The molecule has 9 heteroatoms. The molecule has 0 saturated carbocycles. The van der Waals surface area contributed by atoms with Gasteiger partial charge in [0.2, 0.25) is 11.8 Å². The van der Waals surface area contributed by atoms with Crippen LogP contribution in [-0.2, 0) is 22.6 Å². The number of carbonyl (C=O) groups is 2. The molecule has 2 amide bonds. The minimum atomic E-state index is -0.647. The fourth-order valence-electron chi connectivity index (χ4n) is 3.92. The van der Waals surface area contributed by atoms with Gasteiger partial charge in [-0.1, -0.05) is 36.4 Å². The van der Waals surface area contributed by atoms with Gasteiger partial charge in [0, 0.05) is 7.05 Å². The van der Waals surface area contributed by atoms with E-state index in [-0.39, 0.29) is 18.9 Å². The van der Waals surface area contributed by atoms with E-state index in [0.29, 0.717) is 34.6 Å². The van der Waals surface area contributed by atoms with E-state index >= 15 is 0 Å². The van der Waals surface area contributed by atoms with E-state index in [2.05, 4.69) is 10.6 Å². The third-order valence-electron chi connectivity index (χ3n) is 5.65. The van der Waals surface area contributed by atoms with Crippen LogP contribution in [0.2, 0.25) is 0 Å². The van der Waals surface area contributed by atoms with Crippen molar-refractivity contribution in [2.24, 2.45) is 0 Å². The molecule has 0 aliphatic rings. The summed E-state index contributed by atoms with van der Waals surface area (Å²) in [5.41, 5.74) is 0.779. The zero-order valence-corrected chi connectivity index (χ0v) is 20.0. The van der Waals surface area contributed by atoms with Crippen LogP contribution < -0.4 is 26.6 Å². The van der Waals surface area contributed by atoms with Crippen molar-refractivity contribution in [1.82, 2.24) is 14.5 Å². The molecule has 9 nitrogen and oxygen atoms in total. The zero-order chi connectivity index (χ0) is 25.7. The Balaban J connectivity index is 1.74. The van der Waals surface area contributed by atoms with Crippen molar-refractivity contribution >= 4 is 28.4 Å². The number of rotatable bonds is 8. The van der Waals surface area contributed by atoms with Gasteiger partial charge in [-0.15, -0.1) is 0 Å². The number of para-hydroxylation sites is 3. The molecule has 36 heavy (non-hydrogen) atoms. The van der Waals surface area contributed by atoms with Gasteiger partial charge in [-0.05, 0) is 48.9 Å². The molecule has 0 fully saturated rings. The molecule has 0 aliphatic carbocycles.